The van der Waals surface area contributed by atoms with Crippen molar-refractivity contribution in [2.45, 2.75) is 98.8 Å². The molecule has 0 aliphatic carbocycles. The predicted octanol–water partition coefficient (Wildman–Crippen LogP) is 16.4. The first-order valence-electron chi connectivity index (χ1n) is 22.4. The Bertz CT molecular complexity index is 2940. The van der Waals surface area contributed by atoms with Crippen LogP contribution in [0.15, 0.2) is 121 Å². The van der Waals surface area contributed by atoms with Gasteiger partial charge >= 0.3 is 0 Å². The Labute approximate surface area is 393 Å². The van der Waals surface area contributed by atoms with Gasteiger partial charge in [0, 0.05) is 61.3 Å². The van der Waals surface area contributed by atoms with Crippen molar-refractivity contribution >= 4 is 44.6 Å². The van der Waals surface area contributed by atoms with Gasteiger partial charge in [-0.1, -0.05) is 123 Å². The summed E-state index contributed by atoms with van der Waals surface area (Å²) >= 11 is 0. The number of nitrogens with zero attached hydrogens (tertiary/aromatic N) is 4. The van der Waals surface area contributed by atoms with Crippen LogP contribution in [-0.2, 0) is 21.1 Å². The number of hydrogen-bond acceptors (Lipinski definition) is 4. The van der Waals surface area contributed by atoms with E-state index < -0.39 is 0 Å². The number of anilines is 4. The molecule has 2 aromatic heterocycles. The number of para-hydroxylation sites is 3. The van der Waals surface area contributed by atoms with Crippen molar-refractivity contribution in [2.75, 3.05) is 9.80 Å². The fourth-order valence-corrected chi connectivity index (χ4v) is 9.23. The van der Waals surface area contributed by atoms with Gasteiger partial charge in [0.15, 0.2) is 0 Å². The average molecular weight is 1030 g/mol. The minimum Gasteiger partial charge on any atom is -0.509 e. The Kier molecular flexibility index (Phi) is 12.7. The molecule has 0 radical (unpaired) electrons. The molecule has 0 saturated heterocycles. The quantitative estimate of drug-likeness (QED) is 0.121. The van der Waals surface area contributed by atoms with Gasteiger partial charge in [0.1, 0.15) is 11.6 Å². The molecule has 0 amide bonds. The number of hydrogen-bond donors (Lipinski definition) is 0. The van der Waals surface area contributed by atoms with Crippen LogP contribution in [0.1, 0.15) is 127 Å². The Morgan fingerprint density at radius 1 is 0.578 bits per heavy atom. The van der Waals surface area contributed by atoms with E-state index in [0.717, 1.165) is 67.1 Å². The third kappa shape index (κ3) is 8.15. The molecule has 330 valence electrons. The molecule has 3 heterocycles. The second kappa shape index (κ2) is 18.0. The minimum atomic E-state index is -0.209. The minimum absolute atomic E-state index is 0. The van der Waals surface area contributed by atoms with E-state index in [-0.39, 0.29) is 50.6 Å². The Hall–Kier alpha value is -5.71. The largest absolute Gasteiger partial charge is 0.509 e. The molecular formula is C57H56FN4OPt-3. The number of fused-ring (bicyclic) bond motifs is 4. The van der Waals surface area contributed by atoms with Crippen LogP contribution in [-0.4, -0.2) is 9.55 Å². The van der Waals surface area contributed by atoms with E-state index in [2.05, 4.69) is 199 Å². The first-order valence-corrected chi connectivity index (χ1v) is 22.4. The first-order chi connectivity index (χ1) is 30.3. The van der Waals surface area contributed by atoms with Gasteiger partial charge in [-0.25, -0.2) is 9.37 Å². The van der Waals surface area contributed by atoms with Gasteiger partial charge in [-0.2, -0.15) is 6.07 Å². The standard InChI is InChI=1S/C57H56FN4O.Pt/c1-34(2)39-24-25-59-55(28-39)62-51-19-12-11-16-47(51)48-23-22-43(32-54(48)62)63-44-27-40(56-45(35(3)4)17-15-18-46(56)36(5)6)26-42(31-44)60-33-61(53-21-14-13-20-52(53)60)57-49(37(7)8)29-41(58)30-50(57)38(9)10;/h11-30,33-38H,1-10H3;/q-3;. The van der Waals surface area contributed by atoms with Crippen molar-refractivity contribution in [1.29, 1.82) is 0 Å². The number of rotatable bonds is 11. The van der Waals surface area contributed by atoms with Crippen LogP contribution in [0.5, 0.6) is 11.5 Å². The van der Waals surface area contributed by atoms with E-state index in [1.165, 1.54) is 22.3 Å². The molecule has 0 spiro atoms. The SMILES string of the molecule is CC(C)c1ccnc(-n2c3[c-]c(Oc4[c-]c(N5[CH-]N(c6c(C(C)C)cc(F)cc6C(C)C)c6ccccc65)cc(-c5c(C(C)C)cccc5C(C)C)c4)ccc3c3ccccc32)c1.[Pt]. The molecule has 0 bridgehead atoms. The van der Waals surface area contributed by atoms with Crippen molar-refractivity contribution in [1.82, 2.24) is 9.55 Å². The molecule has 0 saturated carbocycles. The number of aromatic nitrogens is 2. The molecule has 7 heteroatoms. The molecule has 8 aromatic rings. The van der Waals surface area contributed by atoms with E-state index in [4.69, 9.17) is 9.72 Å². The van der Waals surface area contributed by atoms with Crippen molar-refractivity contribution in [3.05, 3.63) is 174 Å². The van der Waals surface area contributed by atoms with Crippen LogP contribution >= 0.6 is 0 Å². The summed E-state index contributed by atoms with van der Waals surface area (Å²) in [6.07, 6.45) is 1.89. The summed E-state index contributed by atoms with van der Waals surface area (Å²) in [7, 11) is 0. The van der Waals surface area contributed by atoms with Crippen molar-refractivity contribution < 1.29 is 30.2 Å². The van der Waals surface area contributed by atoms with Crippen molar-refractivity contribution in [3.8, 4) is 28.4 Å². The van der Waals surface area contributed by atoms with Gasteiger partial charge in [-0.05, 0) is 111 Å². The third-order valence-electron chi connectivity index (χ3n) is 12.4. The van der Waals surface area contributed by atoms with Crippen LogP contribution in [0, 0.1) is 24.6 Å². The average Bonchev–Trinajstić information content (AvgIpc) is 3.81. The molecule has 1 aliphatic rings. The van der Waals surface area contributed by atoms with Crippen LogP contribution in [0.3, 0.4) is 0 Å². The van der Waals surface area contributed by atoms with Crippen LogP contribution in [0.4, 0.5) is 27.1 Å². The zero-order valence-electron chi connectivity index (χ0n) is 38.4. The van der Waals surface area contributed by atoms with Gasteiger partial charge in [0.2, 0.25) is 0 Å². The molecule has 9 rings (SSSR count). The monoisotopic (exact) mass is 1030 g/mol. The molecule has 0 unspecified atom stereocenters. The van der Waals surface area contributed by atoms with Crippen LogP contribution in [0.2, 0.25) is 0 Å². The van der Waals surface area contributed by atoms with Gasteiger partial charge in [-0.3, -0.25) is 0 Å². The molecule has 1 aliphatic heterocycles. The second-order valence-corrected chi connectivity index (χ2v) is 18.5. The fraction of sp³-hybridized carbons (Fsp3) is 0.263. The summed E-state index contributed by atoms with van der Waals surface area (Å²) < 4.78 is 24.5. The smallest absolute Gasteiger partial charge is 0.135 e. The number of benzene rings is 6. The van der Waals surface area contributed by atoms with E-state index in [1.54, 1.807) is 12.1 Å². The summed E-state index contributed by atoms with van der Waals surface area (Å²) in [5.74, 6) is 2.91. The zero-order valence-corrected chi connectivity index (χ0v) is 40.7. The molecule has 0 atom stereocenters. The Morgan fingerprint density at radius 3 is 1.84 bits per heavy atom. The topological polar surface area (TPSA) is 33.5 Å². The Morgan fingerprint density at radius 2 is 1.20 bits per heavy atom. The Balaban J connectivity index is 0.00000560. The van der Waals surface area contributed by atoms with Crippen LogP contribution in [0.25, 0.3) is 38.8 Å². The number of halogens is 1. The zero-order chi connectivity index (χ0) is 44.3. The van der Waals surface area contributed by atoms with E-state index >= 15 is 4.39 Å². The maximum atomic E-state index is 15.3. The van der Waals surface area contributed by atoms with Gasteiger partial charge in [0.25, 0.3) is 0 Å². The summed E-state index contributed by atoms with van der Waals surface area (Å²) in [5, 5.41) is 2.20. The molecule has 0 N–H and O–H groups in total. The molecule has 64 heavy (non-hydrogen) atoms. The molecule has 6 aromatic carbocycles. The second-order valence-electron chi connectivity index (χ2n) is 18.5. The third-order valence-corrected chi connectivity index (χ3v) is 12.4. The van der Waals surface area contributed by atoms with Crippen LogP contribution < -0.4 is 14.5 Å². The van der Waals surface area contributed by atoms with Crippen molar-refractivity contribution in [2.24, 2.45) is 0 Å². The van der Waals surface area contributed by atoms with E-state index in [9.17, 15) is 0 Å². The summed E-state index contributed by atoms with van der Waals surface area (Å²) in [6.45, 7) is 24.1. The van der Waals surface area contributed by atoms with E-state index in [1.807, 2.05) is 12.3 Å². The first kappa shape index (κ1) is 44.9. The van der Waals surface area contributed by atoms with Gasteiger partial charge in [0.05, 0.1) is 0 Å². The van der Waals surface area contributed by atoms with Crippen molar-refractivity contribution in [3.63, 3.8) is 0 Å². The maximum absolute atomic E-state index is 15.3. The summed E-state index contributed by atoms with van der Waals surface area (Å²) in [6, 6.07) is 47.1. The van der Waals surface area contributed by atoms with Gasteiger partial charge in [-0.15, -0.1) is 53.6 Å². The number of pyridine rings is 1. The maximum Gasteiger partial charge on any atom is 0.135 e. The molecular weight excluding hydrogens is 971 g/mol. The van der Waals surface area contributed by atoms with E-state index in [0.29, 0.717) is 17.4 Å². The predicted molar refractivity (Wildman–Crippen MR) is 260 cm³/mol. The fourth-order valence-electron chi connectivity index (χ4n) is 9.23. The normalized spacial score (nSPS) is 12.8. The van der Waals surface area contributed by atoms with Gasteiger partial charge < -0.3 is 19.1 Å². The molecule has 5 nitrogen and oxygen atoms in total. The number of ether oxygens (including phenoxy) is 1. The summed E-state index contributed by atoms with van der Waals surface area (Å²) in [5.41, 5.74) is 13.8. The molecule has 0 fully saturated rings. The summed E-state index contributed by atoms with van der Waals surface area (Å²) in [4.78, 5) is 9.31.